The molecular formula is C8H15FO. The molecule has 0 radical (unpaired) electrons. The van der Waals surface area contributed by atoms with E-state index in [1.165, 1.54) is 6.08 Å². The van der Waals surface area contributed by atoms with Gasteiger partial charge >= 0.3 is 0 Å². The monoisotopic (exact) mass is 146 g/mol. The lowest BCUT2D eigenvalue weighted by Gasteiger charge is -1.94. The van der Waals surface area contributed by atoms with Gasteiger partial charge in [0.25, 0.3) is 0 Å². The van der Waals surface area contributed by atoms with Gasteiger partial charge in [0.15, 0.2) is 0 Å². The standard InChI is InChI=1S/C8H15FO/c1-2-3-4-5-8(9)6-7-10/h6,10H,2-5,7H2,1H3/b8-6+. The van der Waals surface area contributed by atoms with Crippen LogP contribution in [0.2, 0.25) is 0 Å². The van der Waals surface area contributed by atoms with E-state index in [0.717, 1.165) is 19.3 Å². The summed E-state index contributed by atoms with van der Waals surface area (Å²) in [6.45, 7) is 1.89. The van der Waals surface area contributed by atoms with Crippen LogP contribution in [0.1, 0.15) is 32.6 Å². The van der Waals surface area contributed by atoms with Crippen LogP contribution in [0.4, 0.5) is 4.39 Å². The first-order chi connectivity index (χ1) is 4.81. The van der Waals surface area contributed by atoms with E-state index < -0.39 is 0 Å². The average Bonchev–Trinajstić information content (AvgIpc) is 1.89. The number of allylic oxidation sites excluding steroid dienone is 1. The highest BCUT2D eigenvalue weighted by atomic mass is 19.1. The van der Waals surface area contributed by atoms with Crippen LogP contribution in [0.15, 0.2) is 11.9 Å². The highest BCUT2D eigenvalue weighted by Crippen LogP contribution is 2.08. The van der Waals surface area contributed by atoms with E-state index >= 15 is 0 Å². The van der Waals surface area contributed by atoms with Gasteiger partial charge in [0, 0.05) is 0 Å². The van der Waals surface area contributed by atoms with E-state index in [9.17, 15) is 4.39 Å². The first-order valence-electron chi connectivity index (χ1n) is 3.76. The second-order valence-electron chi connectivity index (χ2n) is 2.29. The molecule has 0 saturated heterocycles. The molecule has 0 saturated carbocycles. The van der Waals surface area contributed by atoms with Crippen molar-refractivity contribution >= 4 is 0 Å². The number of unbranched alkanes of at least 4 members (excludes halogenated alkanes) is 2. The largest absolute Gasteiger partial charge is 0.392 e. The molecule has 0 unspecified atom stereocenters. The second-order valence-corrected chi connectivity index (χ2v) is 2.29. The first-order valence-corrected chi connectivity index (χ1v) is 3.76. The molecule has 0 rings (SSSR count). The smallest absolute Gasteiger partial charge is 0.0982 e. The minimum Gasteiger partial charge on any atom is -0.392 e. The molecule has 10 heavy (non-hydrogen) atoms. The summed E-state index contributed by atoms with van der Waals surface area (Å²) in [5, 5.41) is 8.28. The van der Waals surface area contributed by atoms with E-state index in [1.807, 2.05) is 0 Å². The van der Waals surface area contributed by atoms with Gasteiger partial charge in [0.2, 0.25) is 0 Å². The van der Waals surface area contributed by atoms with Crippen LogP contribution in [-0.2, 0) is 0 Å². The van der Waals surface area contributed by atoms with Gasteiger partial charge in [-0.1, -0.05) is 19.8 Å². The third-order valence-corrected chi connectivity index (χ3v) is 1.33. The fourth-order valence-electron chi connectivity index (χ4n) is 0.745. The molecule has 2 heteroatoms. The molecule has 0 fully saturated rings. The maximum atomic E-state index is 12.4. The Kier molecular flexibility index (Phi) is 6.50. The normalized spacial score (nSPS) is 12.1. The van der Waals surface area contributed by atoms with Gasteiger partial charge in [-0.25, -0.2) is 4.39 Å². The summed E-state index contributed by atoms with van der Waals surface area (Å²) < 4.78 is 12.4. The van der Waals surface area contributed by atoms with Crippen molar-refractivity contribution < 1.29 is 9.50 Å². The molecule has 0 amide bonds. The minimum atomic E-state index is -0.184. The van der Waals surface area contributed by atoms with Crippen molar-refractivity contribution in [3.05, 3.63) is 11.9 Å². The summed E-state index contributed by atoms with van der Waals surface area (Å²) >= 11 is 0. The van der Waals surface area contributed by atoms with E-state index in [-0.39, 0.29) is 12.4 Å². The molecule has 0 aliphatic carbocycles. The highest BCUT2D eigenvalue weighted by molar-refractivity contribution is 4.90. The summed E-state index contributed by atoms with van der Waals surface area (Å²) in [7, 11) is 0. The zero-order valence-corrected chi connectivity index (χ0v) is 6.44. The molecular weight excluding hydrogens is 131 g/mol. The average molecular weight is 146 g/mol. The number of aliphatic hydroxyl groups is 1. The van der Waals surface area contributed by atoms with E-state index in [0.29, 0.717) is 6.42 Å². The molecule has 0 spiro atoms. The number of hydrogen-bond donors (Lipinski definition) is 1. The van der Waals surface area contributed by atoms with Crippen molar-refractivity contribution in [2.45, 2.75) is 32.6 Å². The molecule has 1 N–H and O–H groups in total. The predicted octanol–water partition coefficient (Wildman–Crippen LogP) is 2.41. The van der Waals surface area contributed by atoms with Crippen LogP contribution < -0.4 is 0 Å². The Balaban J connectivity index is 3.21. The molecule has 0 aliphatic heterocycles. The van der Waals surface area contributed by atoms with Gasteiger partial charge in [-0.05, 0) is 18.9 Å². The Morgan fingerprint density at radius 3 is 2.70 bits per heavy atom. The number of rotatable bonds is 5. The number of hydrogen-bond acceptors (Lipinski definition) is 1. The molecule has 0 aromatic carbocycles. The molecule has 1 nitrogen and oxygen atoms in total. The summed E-state index contributed by atoms with van der Waals surface area (Å²) in [4.78, 5) is 0. The molecule has 0 aromatic heterocycles. The summed E-state index contributed by atoms with van der Waals surface area (Å²) in [5.74, 6) is -0.184. The lowest BCUT2D eigenvalue weighted by atomic mass is 10.2. The quantitative estimate of drug-likeness (QED) is 0.590. The molecule has 0 aromatic rings. The van der Waals surface area contributed by atoms with Gasteiger partial charge in [-0.2, -0.15) is 0 Å². The van der Waals surface area contributed by atoms with Crippen molar-refractivity contribution in [2.24, 2.45) is 0 Å². The van der Waals surface area contributed by atoms with Crippen LogP contribution in [0, 0.1) is 0 Å². The Labute approximate surface area is 61.6 Å². The van der Waals surface area contributed by atoms with E-state index in [4.69, 9.17) is 5.11 Å². The topological polar surface area (TPSA) is 20.2 Å². The minimum absolute atomic E-state index is 0.183. The maximum Gasteiger partial charge on any atom is 0.0982 e. The molecule has 60 valence electrons. The third-order valence-electron chi connectivity index (χ3n) is 1.33. The first kappa shape index (κ1) is 9.63. The Hall–Kier alpha value is -0.370. The Bertz CT molecular complexity index is 99.4. The Morgan fingerprint density at radius 1 is 1.50 bits per heavy atom. The second kappa shape index (κ2) is 6.75. The predicted molar refractivity (Wildman–Crippen MR) is 40.4 cm³/mol. The van der Waals surface area contributed by atoms with Crippen molar-refractivity contribution in [3.63, 3.8) is 0 Å². The van der Waals surface area contributed by atoms with Crippen LogP contribution >= 0.6 is 0 Å². The lowest BCUT2D eigenvalue weighted by molar-refractivity contribution is 0.337. The molecule has 0 atom stereocenters. The van der Waals surface area contributed by atoms with Crippen molar-refractivity contribution in [1.82, 2.24) is 0 Å². The van der Waals surface area contributed by atoms with Crippen molar-refractivity contribution in [1.29, 1.82) is 0 Å². The molecule has 0 aliphatic rings. The number of halogens is 1. The third kappa shape index (κ3) is 5.76. The van der Waals surface area contributed by atoms with E-state index in [2.05, 4.69) is 6.92 Å². The van der Waals surface area contributed by atoms with Gasteiger partial charge in [0.05, 0.1) is 12.4 Å². The van der Waals surface area contributed by atoms with Crippen LogP contribution in [0.25, 0.3) is 0 Å². The fourth-order valence-corrected chi connectivity index (χ4v) is 0.745. The highest BCUT2D eigenvalue weighted by Gasteiger charge is 1.92. The summed E-state index contributed by atoms with van der Waals surface area (Å²) in [5.41, 5.74) is 0. The zero-order chi connectivity index (χ0) is 7.82. The van der Waals surface area contributed by atoms with Gasteiger partial charge in [-0.15, -0.1) is 0 Å². The molecule has 0 bridgehead atoms. The van der Waals surface area contributed by atoms with Gasteiger partial charge in [-0.3, -0.25) is 0 Å². The zero-order valence-electron chi connectivity index (χ0n) is 6.44. The van der Waals surface area contributed by atoms with Crippen LogP contribution in [-0.4, -0.2) is 11.7 Å². The van der Waals surface area contributed by atoms with Crippen LogP contribution in [0.3, 0.4) is 0 Å². The number of aliphatic hydroxyl groups excluding tert-OH is 1. The van der Waals surface area contributed by atoms with Gasteiger partial charge in [0.1, 0.15) is 0 Å². The van der Waals surface area contributed by atoms with Crippen LogP contribution in [0.5, 0.6) is 0 Å². The summed E-state index contributed by atoms with van der Waals surface area (Å²) in [6.07, 6.45) is 4.75. The van der Waals surface area contributed by atoms with Crippen molar-refractivity contribution in [3.8, 4) is 0 Å². The Morgan fingerprint density at radius 2 is 2.20 bits per heavy atom. The summed E-state index contributed by atoms with van der Waals surface area (Å²) in [6, 6.07) is 0. The van der Waals surface area contributed by atoms with Gasteiger partial charge < -0.3 is 5.11 Å². The molecule has 0 heterocycles. The lowest BCUT2D eigenvalue weighted by Crippen LogP contribution is -1.80. The SMILES string of the molecule is CCCCC/C(F)=C\CO. The van der Waals surface area contributed by atoms with Crippen molar-refractivity contribution in [2.75, 3.05) is 6.61 Å². The maximum absolute atomic E-state index is 12.4. The fraction of sp³-hybridized carbons (Fsp3) is 0.750. The van der Waals surface area contributed by atoms with E-state index in [1.54, 1.807) is 0 Å².